The highest BCUT2D eigenvalue weighted by atomic mass is 32.2. The molecule has 10 heteroatoms. The zero-order chi connectivity index (χ0) is 27.5. The molecule has 3 aromatic carbocycles. The molecule has 208 valence electrons. The van der Waals surface area contributed by atoms with Crippen molar-refractivity contribution in [2.24, 2.45) is 5.92 Å². The van der Waals surface area contributed by atoms with Crippen molar-refractivity contribution in [3.63, 3.8) is 0 Å². The third-order valence-electron chi connectivity index (χ3n) is 9.15. The maximum atomic E-state index is 13.8. The molecule has 0 saturated heterocycles. The summed E-state index contributed by atoms with van der Waals surface area (Å²) in [5.41, 5.74) is 1.97. The van der Waals surface area contributed by atoms with Crippen LogP contribution in [0.5, 0.6) is 23.0 Å². The average molecular weight is 579 g/mol. The Balaban J connectivity index is 1.40. The van der Waals surface area contributed by atoms with E-state index in [1.165, 1.54) is 11.6 Å². The van der Waals surface area contributed by atoms with Gasteiger partial charge in [0.25, 0.3) is 0 Å². The Bertz CT molecular complexity index is 1710. The second-order valence-corrected chi connectivity index (χ2v) is 13.0. The van der Waals surface area contributed by atoms with Gasteiger partial charge in [-0.1, -0.05) is 25.0 Å². The zero-order valence-corrected chi connectivity index (χ0v) is 24.0. The van der Waals surface area contributed by atoms with E-state index in [-0.39, 0.29) is 22.0 Å². The normalized spacial score (nSPS) is 23.0. The number of hydrogen-bond donors (Lipinski definition) is 0. The van der Waals surface area contributed by atoms with Gasteiger partial charge < -0.3 is 18.4 Å². The number of methoxy groups -OCH3 is 2. The molecule has 8 nitrogen and oxygen atoms in total. The van der Waals surface area contributed by atoms with Crippen LogP contribution in [0.25, 0.3) is 11.0 Å². The van der Waals surface area contributed by atoms with Crippen LogP contribution in [-0.4, -0.2) is 31.4 Å². The summed E-state index contributed by atoms with van der Waals surface area (Å²) in [6.45, 7) is 0. The first kappa shape index (κ1) is 25.6. The molecule has 3 aliphatic rings. The SMILES string of the molecule is COc1ccc2c(c1)O[C@]1(c3ccc(OC)cc3OS(=O)(=O)c3cccc4nsnc34)CCC[C@@H]1C21CCCC1. The Kier molecular flexibility index (Phi) is 5.98. The summed E-state index contributed by atoms with van der Waals surface area (Å²) in [5, 5.41) is 0. The minimum Gasteiger partial charge on any atom is -0.497 e. The summed E-state index contributed by atoms with van der Waals surface area (Å²) in [6, 6.07) is 16.5. The fraction of sp³-hybridized carbons (Fsp3) is 0.400. The lowest BCUT2D eigenvalue weighted by Crippen LogP contribution is -2.51. The molecule has 0 radical (unpaired) electrons. The molecule has 2 aliphatic carbocycles. The van der Waals surface area contributed by atoms with Crippen LogP contribution in [0.4, 0.5) is 0 Å². The first-order chi connectivity index (χ1) is 19.4. The lowest BCUT2D eigenvalue weighted by molar-refractivity contribution is -0.0360. The summed E-state index contributed by atoms with van der Waals surface area (Å²) in [6.07, 6.45) is 7.18. The number of nitrogens with zero attached hydrogens (tertiary/aromatic N) is 2. The van der Waals surface area contributed by atoms with E-state index < -0.39 is 15.7 Å². The van der Waals surface area contributed by atoms with Crippen molar-refractivity contribution in [1.82, 2.24) is 8.75 Å². The summed E-state index contributed by atoms with van der Waals surface area (Å²) in [5.74, 6) is 2.43. The lowest BCUT2D eigenvalue weighted by Gasteiger charge is -2.51. The van der Waals surface area contributed by atoms with Crippen molar-refractivity contribution in [3.05, 3.63) is 65.7 Å². The zero-order valence-electron chi connectivity index (χ0n) is 22.4. The minimum absolute atomic E-state index is 0.0140. The molecule has 1 aliphatic heterocycles. The molecule has 2 fully saturated rings. The first-order valence-corrected chi connectivity index (χ1v) is 15.8. The Morgan fingerprint density at radius 3 is 2.42 bits per heavy atom. The molecule has 4 aromatic rings. The molecular weight excluding hydrogens is 548 g/mol. The number of rotatable bonds is 6. The molecule has 2 atom stereocenters. The summed E-state index contributed by atoms with van der Waals surface area (Å²) in [4.78, 5) is -0.0140. The number of ether oxygens (including phenoxy) is 3. The molecular formula is C30H30N2O6S2. The van der Waals surface area contributed by atoms with Crippen molar-refractivity contribution in [2.75, 3.05) is 14.2 Å². The van der Waals surface area contributed by atoms with Crippen LogP contribution in [0, 0.1) is 5.92 Å². The Hall–Kier alpha value is -3.37. The smallest absolute Gasteiger partial charge is 0.341 e. The van der Waals surface area contributed by atoms with Gasteiger partial charge in [0.2, 0.25) is 0 Å². The number of aromatic nitrogens is 2. The van der Waals surface area contributed by atoms with Gasteiger partial charge in [-0.2, -0.15) is 17.2 Å². The van der Waals surface area contributed by atoms with Crippen LogP contribution in [-0.2, 0) is 21.1 Å². The van der Waals surface area contributed by atoms with Gasteiger partial charge >= 0.3 is 10.1 Å². The van der Waals surface area contributed by atoms with E-state index in [2.05, 4.69) is 14.8 Å². The summed E-state index contributed by atoms with van der Waals surface area (Å²) >= 11 is 0.970. The van der Waals surface area contributed by atoms with Crippen molar-refractivity contribution in [2.45, 2.75) is 60.9 Å². The van der Waals surface area contributed by atoms with Crippen LogP contribution in [0.1, 0.15) is 56.1 Å². The molecule has 40 heavy (non-hydrogen) atoms. The first-order valence-electron chi connectivity index (χ1n) is 13.6. The minimum atomic E-state index is -4.25. The van der Waals surface area contributed by atoms with Crippen LogP contribution in [0.2, 0.25) is 0 Å². The maximum Gasteiger partial charge on any atom is 0.341 e. The van der Waals surface area contributed by atoms with Gasteiger partial charge in [-0.3, -0.25) is 0 Å². The van der Waals surface area contributed by atoms with Gasteiger partial charge in [-0.05, 0) is 62.4 Å². The predicted molar refractivity (Wildman–Crippen MR) is 151 cm³/mol. The highest BCUT2D eigenvalue weighted by molar-refractivity contribution is 7.87. The number of fused-ring (bicyclic) bond motifs is 5. The quantitative estimate of drug-likeness (QED) is 0.243. The van der Waals surface area contributed by atoms with Gasteiger partial charge in [-0.25, -0.2) is 0 Å². The molecule has 0 N–H and O–H groups in total. The molecule has 2 heterocycles. The maximum absolute atomic E-state index is 13.8. The number of benzene rings is 3. The molecule has 2 saturated carbocycles. The topological polar surface area (TPSA) is 96.8 Å². The van der Waals surface area contributed by atoms with E-state index in [0.29, 0.717) is 16.8 Å². The number of hydrogen-bond acceptors (Lipinski definition) is 9. The van der Waals surface area contributed by atoms with Gasteiger partial charge in [0, 0.05) is 34.6 Å². The van der Waals surface area contributed by atoms with Crippen molar-refractivity contribution in [1.29, 1.82) is 0 Å². The molecule has 0 amide bonds. The van der Waals surface area contributed by atoms with Crippen LogP contribution in [0.15, 0.2) is 59.5 Å². The average Bonchev–Trinajstić information content (AvgIpc) is 3.73. The monoisotopic (exact) mass is 578 g/mol. The Morgan fingerprint density at radius 1 is 0.900 bits per heavy atom. The second kappa shape index (κ2) is 9.34. The highest BCUT2D eigenvalue weighted by Crippen LogP contribution is 2.66. The van der Waals surface area contributed by atoms with E-state index in [1.54, 1.807) is 32.4 Å². The summed E-state index contributed by atoms with van der Waals surface area (Å²) < 4.78 is 60.1. The fourth-order valence-electron chi connectivity index (χ4n) is 7.53. The van der Waals surface area contributed by atoms with E-state index in [1.807, 2.05) is 24.3 Å². The van der Waals surface area contributed by atoms with E-state index in [9.17, 15) is 8.42 Å². The standard InChI is InChI=1S/C30H30N2O6S2/c1-35-19-10-12-21-24(17-19)37-30(16-6-9-27(30)29(21)14-3-4-15-29)22-13-11-20(36-2)18-25(22)38-40(33,34)26-8-5-7-23-28(26)32-39-31-23/h5,7-8,10-13,17-18,27H,3-4,6,9,14-16H2,1-2H3/t27-,30+/m1/s1. The predicted octanol–water partition coefficient (Wildman–Crippen LogP) is 6.38. The third-order valence-corrected chi connectivity index (χ3v) is 11.0. The van der Waals surface area contributed by atoms with E-state index in [4.69, 9.17) is 18.4 Å². The third kappa shape index (κ3) is 3.72. The van der Waals surface area contributed by atoms with Crippen molar-refractivity contribution in [3.8, 4) is 23.0 Å². The van der Waals surface area contributed by atoms with E-state index in [0.717, 1.165) is 73.7 Å². The van der Waals surface area contributed by atoms with Gasteiger partial charge in [-0.15, -0.1) is 0 Å². The van der Waals surface area contributed by atoms with E-state index >= 15 is 0 Å². The fourth-order valence-corrected chi connectivity index (χ4v) is 9.23. The molecule has 0 bridgehead atoms. The van der Waals surface area contributed by atoms with Gasteiger partial charge in [0.1, 0.15) is 38.8 Å². The Labute approximate surface area is 237 Å². The molecule has 7 rings (SSSR count). The molecule has 0 unspecified atom stereocenters. The largest absolute Gasteiger partial charge is 0.497 e. The molecule has 1 aromatic heterocycles. The van der Waals surface area contributed by atoms with Crippen molar-refractivity contribution >= 4 is 32.9 Å². The van der Waals surface area contributed by atoms with Crippen LogP contribution >= 0.6 is 11.7 Å². The molecule has 1 spiro atoms. The second-order valence-electron chi connectivity index (χ2n) is 10.9. The summed E-state index contributed by atoms with van der Waals surface area (Å²) in [7, 11) is -1.04. The highest BCUT2D eigenvalue weighted by Gasteiger charge is 2.62. The Morgan fingerprint density at radius 2 is 1.65 bits per heavy atom. The van der Waals surface area contributed by atoms with Gasteiger partial charge in [0.15, 0.2) is 5.75 Å². The van der Waals surface area contributed by atoms with Gasteiger partial charge in [0.05, 0.1) is 25.9 Å². The van der Waals surface area contributed by atoms with Crippen molar-refractivity contribution < 1.29 is 26.8 Å². The van der Waals surface area contributed by atoms with Crippen LogP contribution < -0.4 is 18.4 Å². The lowest BCUT2D eigenvalue weighted by atomic mass is 9.60. The van der Waals surface area contributed by atoms with Crippen LogP contribution in [0.3, 0.4) is 0 Å².